The Kier molecular flexibility index (Phi) is 6.80. The fourth-order valence-electron chi connectivity index (χ4n) is 3.32. The van der Waals surface area contributed by atoms with E-state index < -0.39 is 0 Å². The monoisotopic (exact) mass is 443 g/mol. The highest BCUT2D eigenvalue weighted by molar-refractivity contribution is 8.93. The van der Waals surface area contributed by atoms with Crippen LogP contribution in [0, 0.1) is 0 Å². The zero-order valence-corrected chi connectivity index (χ0v) is 16.8. The second-order valence-electron chi connectivity index (χ2n) is 6.03. The zero-order valence-electron chi connectivity index (χ0n) is 13.6. The van der Waals surface area contributed by atoms with Crippen LogP contribution in [-0.2, 0) is 6.42 Å². The highest BCUT2D eigenvalue weighted by Gasteiger charge is 2.28. The molecule has 3 rings (SSSR count). The Morgan fingerprint density at radius 3 is 2.68 bits per heavy atom. The van der Waals surface area contributed by atoms with Gasteiger partial charge in [-0.3, -0.25) is 4.90 Å². The lowest BCUT2D eigenvalue weighted by Crippen LogP contribution is -2.28. The van der Waals surface area contributed by atoms with Crippen molar-refractivity contribution in [1.29, 1.82) is 0 Å². The molecular weight excluding hydrogens is 425 g/mol. The first-order valence-corrected chi connectivity index (χ1v) is 8.58. The smallest absolute Gasteiger partial charge is 0.176 e. The summed E-state index contributed by atoms with van der Waals surface area (Å²) in [4.78, 5) is 2.28. The minimum atomic E-state index is -0.252. The molecule has 25 heavy (non-hydrogen) atoms. The van der Waals surface area contributed by atoms with Gasteiger partial charge in [0.2, 0.25) is 0 Å². The van der Waals surface area contributed by atoms with Crippen molar-refractivity contribution in [2.75, 3.05) is 19.6 Å². The number of halogens is 3. The van der Waals surface area contributed by atoms with Gasteiger partial charge in [-0.2, -0.15) is 0 Å². The molecule has 2 aromatic carbocycles. The van der Waals surface area contributed by atoms with E-state index in [1.807, 2.05) is 30.3 Å². The van der Waals surface area contributed by atoms with Gasteiger partial charge in [0.05, 0.1) is 5.02 Å². The SMILES string of the molecule is Br.C=CCN1CCc2c(cc(O)c(O)c2Cl)C(c2cccc(Cl)c2)C1. The van der Waals surface area contributed by atoms with E-state index in [2.05, 4.69) is 11.5 Å². The first-order chi connectivity index (χ1) is 11.5. The summed E-state index contributed by atoms with van der Waals surface area (Å²) in [6, 6.07) is 9.34. The van der Waals surface area contributed by atoms with Gasteiger partial charge in [-0.15, -0.1) is 23.6 Å². The van der Waals surface area contributed by atoms with Gasteiger partial charge in [-0.1, -0.05) is 41.4 Å². The van der Waals surface area contributed by atoms with Crippen LogP contribution in [0.4, 0.5) is 0 Å². The maximum Gasteiger partial charge on any atom is 0.176 e. The molecule has 1 aliphatic rings. The minimum absolute atomic E-state index is 0. The Balaban J connectivity index is 0.00000225. The maximum atomic E-state index is 10.0. The second kappa shape index (κ2) is 8.45. The van der Waals surface area contributed by atoms with E-state index >= 15 is 0 Å². The fraction of sp³-hybridized carbons (Fsp3) is 0.263. The molecule has 2 N–H and O–H groups in total. The molecule has 134 valence electrons. The van der Waals surface area contributed by atoms with Crippen molar-refractivity contribution in [1.82, 2.24) is 4.90 Å². The summed E-state index contributed by atoms with van der Waals surface area (Å²) in [5.74, 6) is -0.439. The minimum Gasteiger partial charge on any atom is -0.504 e. The molecule has 1 atom stereocenters. The Morgan fingerprint density at radius 1 is 1.24 bits per heavy atom. The van der Waals surface area contributed by atoms with E-state index in [1.165, 1.54) is 0 Å². The number of phenolic OH excluding ortho intramolecular Hbond substituents is 2. The van der Waals surface area contributed by atoms with Gasteiger partial charge >= 0.3 is 0 Å². The number of phenols is 2. The summed E-state index contributed by atoms with van der Waals surface area (Å²) in [5.41, 5.74) is 2.87. The lowest BCUT2D eigenvalue weighted by molar-refractivity contribution is 0.306. The molecule has 1 aliphatic heterocycles. The number of benzene rings is 2. The first kappa shape index (κ1) is 20.1. The van der Waals surface area contributed by atoms with Crippen LogP contribution in [0.5, 0.6) is 11.5 Å². The van der Waals surface area contributed by atoms with Gasteiger partial charge in [-0.25, -0.2) is 0 Å². The number of hydrogen-bond acceptors (Lipinski definition) is 3. The third-order valence-corrected chi connectivity index (χ3v) is 5.13. The molecule has 0 saturated heterocycles. The van der Waals surface area contributed by atoms with E-state index in [0.29, 0.717) is 11.4 Å². The maximum absolute atomic E-state index is 10.0. The van der Waals surface area contributed by atoms with Crippen LogP contribution in [0.25, 0.3) is 0 Å². The van der Waals surface area contributed by atoms with Crippen molar-refractivity contribution >= 4 is 40.2 Å². The topological polar surface area (TPSA) is 43.7 Å². The molecule has 1 heterocycles. The van der Waals surface area contributed by atoms with E-state index in [-0.39, 0.29) is 39.4 Å². The molecule has 6 heteroatoms. The highest BCUT2D eigenvalue weighted by Crippen LogP contribution is 2.43. The van der Waals surface area contributed by atoms with Crippen molar-refractivity contribution in [2.45, 2.75) is 12.3 Å². The van der Waals surface area contributed by atoms with E-state index in [0.717, 1.165) is 36.3 Å². The normalized spacial score (nSPS) is 17.3. The summed E-state index contributed by atoms with van der Waals surface area (Å²) in [6.07, 6.45) is 2.58. The molecule has 2 aromatic rings. The Morgan fingerprint density at radius 2 is 2.00 bits per heavy atom. The van der Waals surface area contributed by atoms with Gasteiger partial charge in [0.1, 0.15) is 0 Å². The summed E-state index contributed by atoms with van der Waals surface area (Å²) >= 11 is 12.5. The lowest BCUT2D eigenvalue weighted by Gasteiger charge is -2.24. The van der Waals surface area contributed by atoms with Gasteiger partial charge in [0.15, 0.2) is 11.5 Å². The van der Waals surface area contributed by atoms with Crippen molar-refractivity contribution < 1.29 is 10.2 Å². The van der Waals surface area contributed by atoms with Crippen LogP contribution in [-0.4, -0.2) is 34.7 Å². The average Bonchev–Trinajstić information content (AvgIpc) is 2.73. The molecule has 0 saturated carbocycles. The van der Waals surface area contributed by atoms with Crippen LogP contribution in [0.2, 0.25) is 10.0 Å². The predicted molar refractivity (Wildman–Crippen MR) is 109 cm³/mol. The summed E-state index contributed by atoms with van der Waals surface area (Å²) in [7, 11) is 0. The van der Waals surface area contributed by atoms with Crippen molar-refractivity contribution in [2.24, 2.45) is 0 Å². The standard InChI is InChI=1S/C19H19Cl2NO2.BrH/c1-2-7-22-8-6-14-15(10-17(23)19(24)18(14)21)16(11-22)12-4-3-5-13(20)9-12;/h2-5,9-10,16,23-24H,1,6-8,11H2;1H. The average molecular weight is 445 g/mol. The molecule has 0 fully saturated rings. The molecule has 0 amide bonds. The van der Waals surface area contributed by atoms with Crippen LogP contribution in [0.15, 0.2) is 43.0 Å². The van der Waals surface area contributed by atoms with Crippen molar-refractivity contribution in [3.8, 4) is 11.5 Å². The van der Waals surface area contributed by atoms with Gasteiger partial charge in [0.25, 0.3) is 0 Å². The predicted octanol–water partition coefficient (Wildman–Crippen LogP) is 5.16. The number of fused-ring (bicyclic) bond motifs is 1. The highest BCUT2D eigenvalue weighted by atomic mass is 79.9. The van der Waals surface area contributed by atoms with Crippen LogP contribution in [0.3, 0.4) is 0 Å². The summed E-state index contributed by atoms with van der Waals surface area (Å²) in [5, 5.41) is 20.9. The number of nitrogens with zero attached hydrogens (tertiary/aromatic N) is 1. The number of aromatic hydroxyl groups is 2. The van der Waals surface area contributed by atoms with Crippen molar-refractivity contribution in [3.63, 3.8) is 0 Å². The molecule has 0 aromatic heterocycles. The van der Waals surface area contributed by atoms with Crippen molar-refractivity contribution in [3.05, 3.63) is 69.7 Å². The van der Waals surface area contributed by atoms with Crippen LogP contribution >= 0.6 is 40.2 Å². The number of rotatable bonds is 3. The first-order valence-electron chi connectivity index (χ1n) is 7.83. The second-order valence-corrected chi connectivity index (χ2v) is 6.85. The van der Waals surface area contributed by atoms with Gasteiger partial charge in [-0.05, 0) is 41.3 Å². The Hall–Kier alpha value is -1.20. The molecule has 0 spiro atoms. The molecular formula is C19H20BrCl2NO2. The molecule has 0 aliphatic carbocycles. The molecule has 1 unspecified atom stereocenters. The largest absolute Gasteiger partial charge is 0.504 e. The van der Waals surface area contributed by atoms with Crippen LogP contribution in [0.1, 0.15) is 22.6 Å². The quantitative estimate of drug-likeness (QED) is 0.507. The Bertz CT molecular complexity index is 782. The fourth-order valence-corrected chi connectivity index (χ4v) is 3.82. The van der Waals surface area contributed by atoms with Gasteiger partial charge in [0, 0.05) is 30.6 Å². The van der Waals surface area contributed by atoms with E-state index in [1.54, 1.807) is 6.07 Å². The van der Waals surface area contributed by atoms with E-state index in [4.69, 9.17) is 23.2 Å². The number of hydrogen-bond donors (Lipinski definition) is 2. The lowest BCUT2D eigenvalue weighted by atomic mass is 9.87. The molecule has 3 nitrogen and oxygen atoms in total. The third kappa shape index (κ3) is 4.14. The Labute approximate surface area is 168 Å². The van der Waals surface area contributed by atoms with Crippen LogP contribution < -0.4 is 0 Å². The summed E-state index contributed by atoms with van der Waals surface area (Å²) in [6.45, 7) is 6.16. The van der Waals surface area contributed by atoms with Gasteiger partial charge < -0.3 is 10.2 Å². The van der Waals surface area contributed by atoms with E-state index in [9.17, 15) is 10.2 Å². The molecule has 0 bridgehead atoms. The summed E-state index contributed by atoms with van der Waals surface area (Å²) < 4.78 is 0. The molecule has 0 radical (unpaired) electrons. The third-order valence-electron chi connectivity index (χ3n) is 4.49. The zero-order chi connectivity index (χ0) is 17.3.